The summed E-state index contributed by atoms with van der Waals surface area (Å²) in [6.07, 6.45) is 0. The van der Waals surface area contributed by atoms with Gasteiger partial charge in [0.25, 0.3) is 0 Å². The highest BCUT2D eigenvalue weighted by Gasteiger charge is 2.15. The maximum Gasteiger partial charge on any atom is 0.321 e. The first-order valence-electron chi connectivity index (χ1n) is 7.74. The summed E-state index contributed by atoms with van der Waals surface area (Å²) < 4.78 is 0. The van der Waals surface area contributed by atoms with Crippen LogP contribution in [-0.2, 0) is 4.79 Å². The summed E-state index contributed by atoms with van der Waals surface area (Å²) in [5, 5.41) is 8.07. The molecule has 122 valence electrons. The highest BCUT2D eigenvalue weighted by atomic mass is 16.2. The van der Waals surface area contributed by atoms with Gasteiger partial charge >= 0.3 is 6.03 Å². The van der Waals surface area contributed by atoms with Gasteiger partial charge in [0.2, 0.25) is 5.91 Å². The van der Waals surface area contributed by atoms with E-state index in [1.165, 1.54) is 5.56 Å². The van der Waals surface area contributed by atoms with E-state index in [1.54, 1.807) is 6.92 Å². The minimum atomic E-state index is -0.491. The van der Waals surface area contributed by atoms with Crippen molar-refractivity contribution in [2.75, 3.05) is 11.9 Å². The Morgan fingerprint density at radius 3 is 2.09 bits per heavy atom. The maximum absolute atomic E-state index is 11.9. The lowest BCUT2D eigenvalue weighted by Crippen LogP contribution is -2.46. The van der Waals surface area contributed by atoms with Crippen molar-refractivity contribution in [2.45, 2.75) is 46.6 Å². The SMILES string of the molecule is CC(C)CNC(=O)NC(=O)C(C)Nc1ccc(C(C)C)cc1. The average molecular weight is 305 g/mol. The molecule has 0 fully saturated rings. The molecule has 0 spiro atoms. The number of benzene rings is 1. The van der Waals surface area contributed by atoms with E-state index in [1.807, 2.05) is 38.1 Å². The summed E-state index contributed by atoms with van der Waals surface area (Å²) in [6, 6.07) is 7.01. The van der Waals surface area contributed by atoms with Crippen LogP contribution in [0.4, 0.5) is 10.5 Å². The van der Waals surface area contributed by atoms with Crippen molar-refractivity contribution in [3.63, 3.8) is 0 Å². The van der Waals surface area contributed by atoms with E-state index in [0.29, 0.717) is 18.4 Å². The molecular weight excluding hydrogens is 278 g/mol. The second-order valence-corrected chi connectivity index (χ2v) is 6.24. The molecule has 1 aromatic carbocycles. The maximum atomic E-state index is 11.9. The number of carbonyl (C=O) groups excluding carboxylic acids is 2. The summed E-state index contributed by atoms with van der Waals surface area (Å²) >= 11 is 0. The number of hydrogen-bond donors (Lipinski definition) is 3. The lowest BCUT2D eigenvalue weighted by atomic mass is 10.0. The first-order valence-corrected chi connectivity index (χ1v) is 7.74. The molecule has 5 heteroatoms. The summed E-state index contributed by atoms with van der Waals surface area (Å²) in [4.78, 5) is 23.5. The van der Waals surface area contributed by atoms with Gasteiger partial charge in [-0.2, -0.15) is 0 Å². The molecule has 0 saturated heterocycles. The molecule has 1 atom stereocenters. The van der Waals surface area contributed by atoms with Crippen LogP contribution in [0.1, 0.15) is 46.1 Å². The molecule has 0 saturated carbocycles. The first kappa shape index (κ1) is 18.0. The average Bonchev–Trinajstić information content (AvgIpc) is 2.45. The highest BCUT2D eigenvalue weighted by Crippen LogP contribution is 2.17. The zero-order chi connectivity index (χ0) is 16.7. The van der Waals surface area contributed by atoms with E-state index in [2.05, 4.69) is 29.8 Å². The summed E-state index contributed by atoms with van der Waals surface area (Å²) in [5.41, 5.74) is 2.10. The molecule has 3 N–H and O–H groups in total. The fraction of sp³-hybridized carbons (Fsp3) is 0.529. The van der Waals surface area contributed by atoms with E-state index < -0.39 is 12.1 Å². The molecule has 0 aliphatic carbocycles. The van der Waals surface area contributed by atoms with Crippen LogP contribution < -0.4 is 16.0 Å². The van der Waals surface area contributed by atoms with Crippen molar-refractivity contribution in [1.29, 1.82) is 0 Å². The normalized spacial score (nSPS) is 12.1. The number of hydrogen-bond acceptors (Lipinski definition) is 3. The number of amides is 3. The molecule has 1 aromatic rings. The Morgan fingerprint density at radius 2 is 1.59 bits per heavy atom. The molecule has 0 bridgehead atoms. The Kier molecular flexibility index (Phi) is 6.89. The molecule has 0 aliphatic heterocycles. The molecule has 3 amide bonds. The van der Waals surface area contributed by atoms with E-state index in [4.69, 9.17) is 0 Å². The van der Waals surface area contributed by atoms with Crippen LogP contribution in [0, 0.1) is 5.92 Å². The molecule has 1 rings (SSSR count). The monoisotopic (exact) mass is 305 g/mol. The third-order valence-electron chi connectivity index (χ3n) is 3.26. The van der Waals surface area contributed by atoms with Crippen molar-refractivity contribution in [1.82, 2.24) is 10.6 Å². The van der Waals surface area contributed by atoms with Gasteiger partial charge in [0.05, 0.1) is 0 Å². The zero-order valence-corrected chi connectivity index (χ0v) is 14.1. The first-order chi connectivity index (χ1) is 10.3. The lowest BCUT2D eigenvalue weighted by molar-refractivity contribution is -0.120. The van der Waals surface area contributed by atoms with Gasteiger partial charge < -0.3 is 10.6 Å². The predicted octanol–water partition coefficient (Wildman–Crippen LogP) is 3.09. The van der Waals surface area contributed by atoms with Crippen LogP contribution in [0.25, 0.3) is 0 Å². The van der Waals surface area contributed by atoms with Gasteiger partial charge in [-0.3, -0.25) is 10.1 Å². The topological polar surface area (TPSA) is 70.2 Å². The number of rotatable bonds is 6. The molecule has 0 aromatic heterocycles. The fourth-order valence-electron chi connectivity index (χ4n) is 1.84. The van der Waals surface area contributed by atoms with Gasteiger partial charge in [-0.15, -0.1) is 0 Å². The van der Waals surface area contributed by atoms with Crippen LogP contribution in [0.2, 0.25) is 0 Å². The third-order valence-corrected chi connectivity index (χ3v) is 3.26. The molecule has 5 nitrogen and oxygen atoms in total. The third kappa shape index (κ3) is 6.16. The second-order valence-electron chi connectivity index (χ2n) is 6.24. The lowest BCUT2D eigenvalue weighted by Gasteiger charge is -2.16. The molecular formula is C17H27N3O2. The Morgan fingerprint density at radius 1 is 1.00 bits per heavy atom. The predicted molar refractivity (Wildman–Crippen MR) is 90.0 cm³/mol. The van der Waals surface area contributed by atoms with Crippen LogP contribution in [-0.4, -0.2) is 24.5 Å². The standard InChI is InChI=1S/C17H27N3O2/c1-11(2)10-18-17(22)20-16(21)13(5)19-15-8-6-14(7-9-15)12(3)4/h6-9,11-13,19H,10H2,1-5H3,(H2,18,20,21,22). The van der Waals surface area contributed by atoms with Crippen LogP contribution in [0.15, 0.2) is 24.3 Å². The second kappa shape index (κ2) is 8.41. The van der Waals surface area contributed by atoms with Crippen molar-refractivity contribution >= 4 is 17.6 Å². The van der Waals surface area contributed by atoms with E-state index in [-0.39, 0.29) is 5.91 Å². The summed E-state index contributed by atoms with van der Waals surface area (Å²) in [6.45, 7) is 10.5. The molecule has 1 unspecified atom stereocenters. The van der Waals surface area contributed by atoms with Crippen molar-refractivity contribution < 1.29 is 9.59 Å². The number of nitrogens with one attached hydrogen (secondary N) is 3. The van der Waals surface area contributed by atoms with E-state index in [0.717, 1.165) is 5.69 Å². The number of anilines is 1. The number of urea groups is 1. The van der Waals surface area contributed by atoms with Crippen molar-refractivity contribution in [3.8, 4) is 0 Å². The summed E-state index contributed by atoms with van der Waals surface area (Å²) in [7, 11) is 0. The van der Waals surface area contributed by atoms with Gasteiger partial charge in [-0.25, -0.2) is 4.79 Å². The Bertz CT molecular complexity index is 495. The number of imide groups is 1. The van der Waals surface area contributed by atoms with Gasteiger partial charge in [0.1, 0.15) is 6.04 Å². The summed E-state index contributed by atoms with van der Waals surface area (Å²) in [5.74, 6) is 0.462. The smallest absolute Gasteiger partial charge is 0.321 e. The molecule has 0 radical (unpaired) electrons. The number of carbonyl (C=O) groups is 2. The van der Waals surface area contributed by atoms with Crippen LogP contribution in [0.5, 0.6) is 0 Å². The fourth-order valence-corrected chi connectivity index (χ4v) is 1.84. The largest absolute Gasteiger partial charge is 0.374 e. The zero-order valence-electron chi connectivity index (χ0n) is 14.1. The van der Waals surface area contributed by atoms with Crippen molar-refractivity contribution in [2.24, 2.45) is 5.92 Å². The minimum absolute atomic E-state index is 0.343. The quantitative estimate of drug-likeness (QED) is 0.756. The van der Waals surface area contributed by atoms with Gasteiger partial charge in [-0.1, -0.05) is 39.8 Å². The van der Waals surface area contributed by atoms with Gasteiger partial charge in [-0.05, 0) is 36.5 Å². The van der Waals surface area contributed by atoms with E-state index >= 15 is 0 Å². The Balaban J connectivity index is 2.48. The van der Waals surface area contributed by atoms with Gasteiger partial charge in [0.15, 0.2) is 0 Å². The van der Waals surface area contributed by atoms with E-state index in [9.17, 15) is 9.59 Å². The van der Waals surface area contributed by atoms with Crippen LogP contribution >= 0.6 is 0 Å². The Hall–Kier alpha value is -2.04. The van der Waals surface area contributed by atoms with Crippen LogP contribution in [0.3, 0.4) is 0 Å². The highest BCUT2D eigenvalue weighted by molar-refractivity contribution is 5.97. The Labute approximate surface area is 132 Å². The minimum Gasteiger partial charge on any atom is -0.374 e. The van der Waals surface area contributed by atoms with Crippen molar-refractivity contribution in [3.05, 3.63) is 29.8 Å². The molecule has 0 aliphatic rings. The molecule has 22 heavy (non-hydrogen) atoms. The molecule has 0 heterocycles. The van der Waals surface area contributed by atoms with Gasteiger partial charge in [0, 0.05) is 12.2 Å².